The van der Waals surface area contributed by atoms with Gasteiger partial charge in [0.2, 0.25) is 0 Å². The smallest absolute Gasteiger partial charge is 0.251 e. The van der Waals surface area contributed by atoms with E-state index in [0.717, 1.165) is 6.07 Å². The van der Waals surface area contributed by atoms with Crippen LogP contribution in [-0.4, -0.2) is 10.9 Å². The first-order chi connectivity index (χ1) is 8.66. The van der Waals surface area contributed by atoms with Gasteiger partial charge in [0, 0.05) is 11.8 Å². The second-order valence-corrected chi connectivity index (χ2v) is 3.62. The Morgan fingerprint density at radius 1 is 1.22 bits per heavy atom. The summed E-state index contributed by atoms with van der Waals surface area (Å²) in [6, 6.07) is 8.00. The highest BCUT2D eigenvalue weighted by atomic mass is 19.1. The van der Waals surface area contributed by atoms with Gasteiger partial charge in [-0.15, -0.1) is 0 Å². The number of amides is 1. The van der Waals surface area contributed by atoms with Gasteiger partial charge >= 0.3 is 0 Å². The van der Waals surface area contributed by atoms with Crippen molar-refractivity contribution in [2.45, 2.75) is 6.54 Å². The highest BCUT2D eigenvalue weighted by molar-refractivity contribution is 5.94. The van der Waals surface area contributed by atoms with Crippen LogP contribution in [0.5, 0.6) is 0 Å². The lowest BCUT2D eigenvalue weighted by atomic mass is 10.2. The third-order valence-electron chi connectivity index (χ3n) is 2.34. The number of halogens is 2. The van der Waals surface area contributed by atoms with Crippen LogP contribution in [-0.2, 0) is 6.54 Å². The quantitative estimate of drug-likeness (QED) is 0.905. The van der Waals surface area contributed by atoms with Gasteiger partial charge in [-0.2, -0.15) is 0 Å². The predicted octanol–water partition coefficient (Wildman–Crippen LogP) is 2.29. The summed E-state index contributed by atoms with van der Waals surface area (Å²) in [7, 11) is 0. The van der Waals surface area contributed by atoms with Crippen LogP contribution in [0.2, 0.25) is 0 Å². The minimum Gasteiger partial charge on any atom is -0.346 e. The average Bonchev–Trinajstić information content (AvgIpc) is 2.37. The third-order valence-corrected chi connectivity index (χ3v) is 2.34. The van der Waals surface area contributed by atoms with Crippen molar-refractivity contribution >= 4 is 5.91 Å². The zero-order chi connectivity index (χ0) is 13.0. The number of nitrogens with zero attached hydrogens (tertiary/aromatic N) is 1. The van der Waals surface area contributed by atoms with Gasteiger partial charge in [0.05, 0.1) is 12.2 Å². The molecule has 1 heterocycles. The van der Waals surface area contributed by atoms with Gasteiger partial charge in [-0.05, 0) is 30.3 Å². The van der Waals surface area contributed by atoms with Crippen molar-refractivity contribution in [1.29, 1.82) is 0 Å². The van der Waals surface area contributed by atoms with Crippen LogP contribution in [0.25, 0.3) is 0 Å². The van der Waals surface area contributed by atoms with E-state index >= 15 is 0 Å². The van der Waals surface area contributed by atoms with Crippen LogP contribution in [0.1, 0.15) is 16.1 Å². The van der Waals surface area contributed by atoms with Crippen molar-refractivity contribution in [2.75, 3.05) is 0 Å². The molecule has 0 radical (unpaired) electrons. The Morgan fingerprint density at radius 3 is 2.78 bits per heavy atom. The van der Waals surface area contributed by atoms with Crippen LogP contribution >= 0.6 is 0 Å². The maximum atomic E-state index is 13.2. The molecule has 0 aliphatic carbocycles. The Balaban J connectivity index is 2.03. The summed E-state index contributed by atoms with van der Waals surface area (Å²) in [5.74, 6) is -1.46. The fourth-order valence-corrected chi connectivity index (χ4v) is 1.44. The monoisotopic (exact) mass is 248 g/mol. The molecule has 1 aromatic heterocycles. The van der Waals surface area contributed by atoms with Crippen LogP contribution < -0.4 is 5.32 Å². The van der Waals surface area contributed by atoms with Crippen molar-refractivity contribution in [3.8, 4) is 0 Å². The molecule has 0 aliphatic heterocycles. The second kappa shape index (κ2) is 5.35. The molecule has 5 heteroatoms. The Kier molecular flexibility index (Phi) is 3.62. The fraction of sp³-hybridized carbons (Fsp3) is 0.0769. The Morgan fingerprint density at radius 2 is 2.06 bits per heavy atom. The molecule has 1 N–H and O–H groups in total. The molecule has 1 amide bonds. The molecule has 0 aliphatic rings. The average molecular weight is 248 g/mol. The highest BCUT2D eigenvalue weighted by Gasteiger charge is 2.08. The highest BCUT2D eigenvalue weighted by Crippen LogP contribution is 2.05. The van der Waals surface area contributed by atoms with Crippen molar-refractivity contribution in [3.63, 3.8) is 0 Å². The molecule has 0 bridgehead atoms. The summed E-state index contributed by atoms with van der Waals surface area (Å²) in [6.07, 6.45) is 1.44. The van der Waals surface area contributed by atoms with E-state index < -0.39 is 17.5 Å². The molecule has 0 atom stereocenters. The van der Waals surface area contributed by atoms with Crippen molar-refractivity contribution in [1.82, 2.24) is 10.3 Å². The molecule has 92 valence electrons. The lowest BCUT2D eigenvalue weighted by Gasteiger charge is -2.05. The Hall–Kier alpha value is -2.30. The van der Waals surface area contributed by atoms with Gasteiger partial charge < -0.3 is 5.32 Å². The zero-order valence-corrected chi connectivity index (χ0v) is 9.36. The van der Waals surface area contributed by atoms with Gasteiger partial charge in [0.1, 0.15) is 11.6 Å². The Bertz CT molecular complexity index is 572. The molecule has 0 unspecified atom stereocenters. The van der Waals surface area contributed by atoms with Gasteiger partial charge in [0.25, 0.3) is 5.91 Å². The van der Waals surface area contributed by atoms with E-state index in [9.17, 15) is 13.6 Å². The van der Waals surface area contributed by atoms with E-state index in [0.29, 0.717) is 0 Å². The first-order valence-electron chi connectivity index (χ1n) is 5.30. The van der Waals surface area contributed by atoms with Crippen molar-refractivity contribution in [3.05, 3.63) is 65.5 Å². The van der Waals surface area contributed by atoms with E-state index in [1.807, 2.05) is 0 Å². The zero-order valence-electron chi connectivity index (χ0n) is 9.36. The summed E-state index contributed by atoms with van der Waals surface area (Å²) in [6.45, 7) is -0.0397. The summed E-state index contributed by atoms with van der Waals surface area (Å²) in [5, 5.41) is 2.48. The minimum atomic E-state index is -0.494. The molecule has 18 heavy (non-hydrogen) atoms. The maximum Gasteiger partial charge on any atom is 0.251 e. The molecule has 1 aromatic carbocycles. The van der Waals surface area contributed by atoms with E-state index in [4.69, 9.17) is 0 Å². The van der Waals surface area contributed by atoms with Crippen LogP contribution in [0, 0.1) is 11.6 Å². The molecule has 3 nitrogen and oxygen atoms in total. The van der Waals surface area contributed by atoms with Gasteiger partial charge in [-0.3, -0.25) is 9.78 Å². The molecule has 2 aromatic rings. The third kappa shape index (κ3) is 2.88. The van der Waals surface area contributed by atoms with Crippen LogP contribution in [0.3, 0.4) is 0 Å². The molecular formula is C13H10F2N2O. The van der Waals surface area contributed by atoms with E-state index in [2.05, 4.69) is 10.3 Å². The first-order valence-corrected chi connectivity index (χ1v) is 5.30. The predicted molar refractivity (Wildman–Crippen MR) is 61.8 cm³/mol. The lowest BCUT2D eigenvalue weighted by Crippen LogP contribution is -2.23. The summed E-state index contributed by atoms with van der Waals surface area (Å²) >= 11 is 0. The number of pyridine rings is 1. The molecule has 0 fully saturated rings. The van der Waals surface area contributed by atoms with Crippen LogP contribution in [0.15, 0.2) is 42.6 Å². The Labute approximate surface area is 102 Å². The summed E-state index contributed by atoms with van der Waals surface area (Å²) < 4.78 is 26.1. The van der Waals surface area contributed by atoms with E-state index in [1.54, 1.807) is 0 Å². The molecular weight excluding hydrogens is 238 g/mol. The van der Waals surface area contributed by atoms with Crippen LogP contribution in [0.4, 0.5) is 8.78 Å². The lowest BCUT2D eigenvalue weighted by molar-refractivity contribution is 0.0949. The van der Waals surface area contributed by atoms with Crippen molar-refractivity contribution in [2.24, 2.45) is 0 Å². The summed E-state index contributed by atoms with van der Waals surface area (Å²) in [5.41, 5.74) is 0.327. The minimum absolute atomic E-state index is 0.0397. The first kappa shape index (κ1) is 12.2. The number of hydrogen-bond acceptors (Lipinski definition) is 2. The number of carbonyl (C=O) groups excluding carboxylic acids is 1. The van der Waals surface area contributed by atoms with E-state index in [-0.39, 0.29) is 17.8 Å². The molecule has 0 saturated heterocycles. The number of benzene rings is 1. The normalized spacial score (nSPS) is 10.1. The largest absolute Gasteiger partial charge is 0.346 e. The standard InChI is InChI=1S/C13H10F2N2O/c14-10-4-1-3-9(7-10)13(18)17-8-12-11(15)5-2-6-16-12/h1-7H,8H2,(H,17,18). The molecule has 2 rings (SSSR count). The molecule has 0 spiro atoms. The van der Waals surface area contributed by atoms with Crippen molar-refractivity contribution < 1.29 is 13.6 Å². The van der Waals surface area contributed by atoms with E-state index in [1.165, 1.54) is 36.5 Å². The SMILES string of the molecule is O=C(NCc1ncccc1F)c1cccc(F)c1. The number of rotatable bonds is 3. The maximum absolute atomic E-state index is 13.2. The number of hydrogen-bond donors (Lipinski definition) is 1. The number of nitrogens with one attached hydrogen (secondary N) is 1. The topological polar surface area (TPSA) is 42.0 Å². The number of carbonyl (C=O) groups is 1. The molecule has 0 saturated carbocycles. The number of aromatic nitrogens is 1. The van der Waals surface area contributed by atoms with Gasteiger partial charge in [0.15, 0.2) is 0 Å². The fourth-order valence-electron chi connectivity index (χ4n) is 1.44. The van der Waals surface area contributed by atoms with Gasteiger partial charge in [-0.25, -0.2) is 8.78 Å². The second-order valence-electron chi connectivity index (χ2n) is 3.62. The van der Waals surface area contributed by atoms with Gasteiger partial charge in [-0.1, -0.05) is 6.07 Å². The summed E-state index contributed by atoms with van der Waals surface area (Å²) in [4.78, 5) is 15.5.